The summed E-state index contributed by atoms with van der Waals surface area (Å²) in [5.74, 6) is -0.263. The molecule has 0 bridgehead atoms. The maximum absolute atomic E-state index is 10.6. The fraction of sp³-hybridized carbons (Fsp3) is 0.333. The van der Waals surface area contributed by atoms with E-state index in [-0.39, 0.29) is 10.1 Å². The van der Waals surface area contributed by atoms with Crippen LogP contribution >= 0.6 is 11.3 Å². The Hall–Kier alpha value is -0.950. The molecule has 0 aliphatic heterocycles. The first-order valence-corrected chi connectivity index (χ1v) is 5.39. The zero-order valence-corrected chi connectivity index (χ0v) is 8.74. The third kappa shape index (κ3) is 2.49. The highest BCUT2D eigenvalue weighted by Crippen LogP contribution is 2.23. The van der Waals surface area contributed by atoms with Crippen LogP contribution in [0, 0.1) is 6.92 Å². The van der Waals surface area contributed by atoms with Crippen molar-refractivity contribution < 1.29 is 13.2 Å². The number of nitrogens with zero attached hydrogens (tertiary/aromatic N) is 1. The molecule has 0 aromatic carbocycles. The molecule has 7 heteroatoms. The van der Waals surface area contributed by atoms with Crippen molar-refractivity contribution in [3.8, 4) is 0 Å². The quantitative estimate of drug-likeness (QED) is 0.706. The Morgan fingerprint density at radius 2 is 2.15 bits per heavy atom. The number of carbonyl (C=O) groups excluding carboxylic acids is 1. The fourth-order valence-corrected chi connectivity index (χ4v) is 2.39. The lowest BCUT2D eigenvalue weighted by Gasteiger charge is -1.91. The minimum atomic E-state index is -2.62. The van der Waals surface area contributed by atoms with Crippen LogP contribution in [0.4, 0.5) is 5.13 Å². The molecule has 0 saturated carbocycles. The van der Waals surface area contributed by atoms with E-state index < -0.39 is 10.7 Å². The van der Waals surface area contributed by atoms with Gasteiger partial charge in [0.1, 0.15) is 4.21 Å². The molecule has 0 atom stereocenters. The van der Waals surface area contributed by atoms with Gasteiger partial charge in [0.25, 0.3) is 0 Å². The summed E-state index contributed by atoms with van der Waals surface area (Å²) in [4.78, 5) is 14.5. The molecule has 0 spiro atoms. The van der Waals surface area contributed by atoms with E-state index in [1.807, 2.05) is 0 Å². The molecular formula is C6H8N2O3S2. The molecule has 1 heterocycles. The SMILES string of the molecule is CC(=O)Nc1nc(C)c([SH](=O)=O)s1. The molecule has 1 N–H and O–H groups in total. The molecule has 1 amide bonds. The van der Waals surface area contributed by atoms with Gasteiger partial charge in [0, 0.05) is 6.92 Å². The van der Waals surface area contributed by atoms with E-state index in [9.17, 15) is 13.2 Å². The Morgan fingerprint density at radius 1 is 1.54 bits per heavy atom. The molecule has 0 fully saturated rings. The number of aromatic nitrogens is 1. The van der Waals surface area contributed by atoms with E-state index in [4.69, 9.17) is 0 Å². The minimum absolute atomic E-state index is 0.193. The lowest BCUT2D eigenvalue weighted by atomic mass is 10.6. The first-order valence-electron chi connectivity index (χ1n) is 3.40. The largest absolute Gasteiger partial charge is 0.302 e. The Morgan fingerprint density at radius 3 is 2.54 bits per heavy atom. The maximum atomic E-state index is 10.6. The number of carbonyl (C=O) groups is 1. The molecule has 5 nitrogen and oxygen atoms in total. The fourth-order valence-electron chi connectivity index (χ4n) is 0.762. The van der Waals surface area contributed by atoms with Crippen LogP contribution in [0.3, 0.4) is 0 Å². The Bertz CT molecular complexity index is 400. The molecule has 1 aromatic heterocycles. The van der Waals surface area contributed by atoms with Crippen LogP contribution in [0.1, 0.15) is 12.6 Å². The first-order chi connectivity index (χ1) is 6.00. The van der Waals surface area contributed by atoms with Gasteiger partial charge in [0.2, 0.25) is 5.91 Å². The van der Waals surface area contributed by atoms with Gasteiger partial charge in [-0.25, -0.2) is 13.4 Å². The normalized spacial score (nSPS) is 10.4. The van der Waals surface area contributed by atoms with Crippen LogP contribution in [0.5, 0.6) is 0 Å². The second kappa shape index (κ2) is 3.84. The summed E-state index contributed by atoms with van der Waals surface area (Å²) in [6.07, 6.45) is 0. The van der Waals surface area contributed by atoms with Gasteiger partial charge < -0.3 is 5.32 Å². The second-order valence-electron chi connectivity index (χ2n) is 2.35. The number of anilines is 1. The molecule has 0 saturated heterocycles. The summed E-state index contributed by atoms with van der Waals surface area (Å²) in [5, 5.41) is 2.74. The van der Waals surface area contributed by atoms with Crippen LogP contribution in [0.15, 0.2) is 4.21 Å². The molecule has 72 valence electrons. The van der Waals surface area contributed by atoms with Gasteiger partial charge >= 0.3 is 0 Å². The minimum Gasteiger partial charge on any atom is -0.302 e. The molecule has 0 aliphatic carbocycles. The van der Waals surface area contributed by atoms with Crippen molar-refractivity contribution in [1.82, 2.24) is 4.98 Å². The van der Waals surface area contributed by atoms with Gasteiger partial charge in [-0.15, -0.1) is 0 Å². The van der Waals surface area contributed by atoms with Gasteiger partial charge in [-0.1, -0.05) is 11.3 Å². The second-order valence-corrected chi connectivity index (χ2v) is 4.61. The number of nitrogens with one attached hydrogen (secondary N) is 1. The molecule has 0 aliphatic rings. The van der Waals surface area contributed by atoms with Crippen LogP contribution in [-0.2, 0) is 15.5 Å². The highest BCUT2D eigenvalue weighted by Gasteiger charge is 2.09. The zero-order valence-electron chi connectivity index (χ0n) is 7.03. The van der Waals surface area contributed by atoms with Crippen molar-refractivity contribution in [2.24, 2.45) is 0 Å². The third-order valence-electron chi connectivity index (χ3n) is 1.22. The van der Waals surface area contributed by atoms with E-state index >= 15 is 0 Å². The topological polar surface area (TPSA) is 76.1 Å². The Balaban J connectivity index is 3.02. The molecule has 1 aromatic rings. The van der Waals surface area contributed by atoms with E-state index in [1.54, 1.807) is 6.92 Å². The number of hydrogen-bond acceptors (Lipinski definition) is 5. The summed E-state index contributed by atoms with van der Waals surface area (Å²) in [6.45, 7) is 2.93. The third-order valence-corrected chi connectivity index (χ3v) is 3.47. The lowest BCUT2D eigenvalue weighted by molar-refractivity contribution is -0.114. The van der Waals surface area contributed by atoms with Gasteiger partial charge in [0.05, 0.1) is 5.69 Å². The monoisotopic (exact) mass is 220 g/mol. The summed E-state index contributed by atoms with van der Waals surface area (Å²) < 4.78 is 21.4. The molecule has 0 radical (unpaired) electrons. The summed E-state index contributed by atoms with van der Waals surface area (Å²) >= 11 is 0.957. The molecular weight excluding hydrogens is 212 g/mol. The average molecular weight is 220 g/mol. The van der Waals surface area contributed by atoms with Crippen LogP contribution in [0.2, 0.25) is 0 Å². The van der Waals surface area contributed by atoms with Crippen molar-refractivity contribution in [1.29, 1.82) is 0 Å². The highest BCUT2D eigenvalue weighted by molar-refractivity contribution is 7.75. The van der Waals surface area contributed by atoms with E-state index in [0.29, 0.717) is 10.8 Å². The van der Waals surface area contributed by atoms with Crippen molar-refractivity contribution in [2.75, 3.05) is 5.32 Å². The Kier molecular flexibility index (Phi) is 2.99. The zero-order chi connectivity index (χ0) is 10.0. The number of thiol groups is 1. The summed E-state index contributed by atoms with van der Waals surface area (Å²) in [5.41, 5.74) is 0.421. The molecule has 1 rings (SSSR count). The molecule has 13 heavy (non-hydrogen) atoms. The van der Waals surface area contributed by atoms with Crippen molar-refractivity contribution >= 4 is 33.1 Å². The van der Waals surface area contributed by atoms with Crippen molar-refractivity contribution in [3.05, 3.63) is 5.69 Å². The number of aryl methyl sites for hydroxylation is 1. The maximum Gasteiger partial charge on any atom is 0.223 e. The van der Waals surface area contributed by atoms with Gasteiger partial charge in [-0.05, 0) is 6.92 Å². The van der Waals surface area contributed by atoms with Crippen LogP contribution in [0.25, 0.3) is 0 Å². The number of hydrogen-bond donors (Lipinski definition) is 2. The van der Waals surface area contributed by atoms with Gasteiger partial charge in [-0.3, -0.25) is 4.79 Å². The van der Waals surface area contributed by atoms with Crippen molar-refractivity contribution in [3.63, 3.8) is 0 Å². The molecule has 0 unspecified atom stereocenters. The van der Waals surface area contributed by atoms with E-state index in [0.717, 1.165) is 11.3 Å². The number of thiazole rings is 1. The summed E-state index contributed by atoms with van der Waals surface area (Å²) in [6, 6.07) is 0. The number of amides is 1. The van der Waals surface area contributed by atoms with E-state index in [2.05, 4.69) is 10.3 Å². The van der Waals surface area contributed by atoms with Crippen molar-refractivity contribution in [2.45, 2.75) is 18.1 Å². The lowest BCUT2D eigenvalue weighted by Crippen LogP contribution is -2.04. The standard InChI is InChI=1S/C6H8N2O3S2/c1-3-5(13(10)11)12-6(7-3)8-4(2)9/h13H,1-2H3,(H,7,8,9). The predicted octanol–water partition coefficient (Wildman–Crippen LogP) is 0.380. The smallest absolute Gasteiger partial charge is 0.223 e. The van der Waals surface area contributed by atoms with Crippen LogP contribution in [-0.4, -0.2) is 19.3 Å². The number of rotatable bonds is 2. The average Bonchev–Trinajstić information content (AvgIpc) is 2.29. The summed E-state index contributed by atoms with van der Waals surface area (Å²) in [7, 11) is -2.62. The van der Waals surface area contributed by atoms with Crippen LogP contribution < -0.4 is 5.32 Å². The van der Waals surface area contributed by atoms with E-state index in [1.165, 1.54) is 6.92 Å². The van der Waals surface area contributed by atoms with Gasteiger partial charge in [-0.2, -0.15) is 0 Å². The highest BCUT2D eigenvalue weighted by atomic mass is 32.2. The first kappa shape index (κ1) is 10.1. The predicted molar refractivity (Wildman–Crippen MR) is 49.7 cm³/mol. The van der Waals surface area contributed by atoms with Gasteiger partial charge in [0.15, 0.2) is 15.8 Å². The Labute approximate surface area is 80.8 Å².